The van der Waals surface area contributed by atoms with Gasteiger partial charge in [-0.3, -0.25) is 0 Å². The second-order valence-corrected chi connectivity index (χ2v) is 5.46. The number of nitrogens with two attached hydrogens (primary N) is 1. The highest BCUT2D eigenvalue weighted by atomic mass is 16.5. The van der Waals surface area contributed by atoms with E-state index >= 15 is 0 Å². The Balaban J connectivity index is 2.66. The fourth-order valence-electron chi connectivity index (χ4n) is 2.15. The molecule has 0 aliphatic rings. The molecule has 0 spiro atoms. The van der Waals surface area contributed by atoms with Crippen LogP contribution in [0.15, 0.2) is 18.2 Å². The molecule has 0 aliphatic carbocycles. The van der Waals surface area contributed by atoms with E-state index < -0.39 is 0 Å². The molecule has 0 aromatic heterocycles. The van der Waals surface area contributed by atoms with E-state index in [9.17, 15) is 0 Å². The number of rotatable bonds is 8. The van der Waals surface area contributed by atoms with Crippen LogP contribution >= 0.6 is 0 Å². The highest BCUT2D eigenvalue weighted by molar-refractivity contribution is 5.38. The van der Waals surface area contributed by atoms with Crippen LogP contribution in [0.3, 0.4) is 0 Å². The lowest BCUT2D eigenvalue weighted by Gasteiger charge is -2.19. The van der Waals surface area contributed by atoms with Gasteiger partial charge in [0, 0.05) is 12.1 Å². The van der Waals surface area contributed by atoms with Gasteiger partial charge in [-0.25, -0.2) is 0 Å². The summed E-state index contributed by atoms with van der Waals surface area (Å²) in [6.45, 7) is 7.18. The van der Waals surface area contributed by atoms with Crippen molar-refractivity contribution < 1.29 is 4.74 Å². The van der Waals surface area contributed by atoms with E-state index in [2.05, 4.69) is 44.0 Å². The maximum absolute atomic E-state index is 5.52. The molecule has 0 unspecified atom stereocenters. The number of hydrogen-bond donors (Lipinski definition) is 1. The van der Waals surface area contributed by atoms with Crippen LogP contribution in [0.25, 0.3) is 0 Å². The number of nitrogens with zero attached hydrogens (tertiary/aromatic N) is 1. The van der Waals surface area contributed by atoms with Crippen molar-refractivity contribution >= 4 is 0 Å². The lowest BCUT2D eigenvalue weighted by atomic mass is 10.0. The summed E-state index contributed by atoms with van der Waals surface area (Å²) < 4.78 is 5.52. The summed E-state index contributed by atoms with van der Waals surface area (Å²) in [7, 11) is 3.89. The number of methoxy groups -OCH3 is 1. The molecule has 0 amide bonds. The van der Waals surface area contributed by atoms with E-state index in [4.69, 9.17) is 10.5 Å². The van der Waals surface area contributed by atoms with Gasteiger partial charge in [-0.2, -0.15) is 0 Å². The normalized spacial score (nSPS) is 11.3. The molecule has 0 fully saturated rings. The van der Waals surface area contributed by atoms with Gasteiger partial charge in [-0.1, -0.05) is 26.0 Å². The molecule has 0 radical (unpaired) electrons. The highest BCUT2D eigenvalue weighted by Crippen LogP contribution is 2.25. The molecule has 1 aromatic rings. The van der Waals surface area contributed by atoms with E-state index in [1.165, 1.54) is 11.1 Å². The zero-order valence-corrected chi connectivity index (χ0v) is 12.8. The first-order valence-electron chi connectivity index (χ1n) is 7.14. The van der Waals surface area contributed by atoms with Crippen molar-refractivity contribution in [1.82, 2.24) is 4.90 Å². The summed E-state index contributed by atoms with van der Waals surface area (Å²) in [5.41, 5.74) is 8.10. The van der Waals surface area contributed by atoms with Crippen molar-refractivity contribution in [1.29, 1.82) is 0 Å². The zero-order valence-electron chi connectivity index (χ0n) is 12.8. The second kappa shape index (κ2) is 8.18. The third-order valence-corrected chi connectivity index (χ3v) is 3.41. The number of benzene rings is 1. The highest BCUT2D eigenvalue weighted by Gasteiger charge is 2.09. The van der Waals surface area contributed by atoms with Crippen molar-refractivity contribution in [3.05, 3.63) is 29.3 Å². The minimum Gasteiger partial charge on any atom is -0.496 e. The lowest BCUT2D eigenvalue weighted by Crippen LogP contribution is -2.20. The fraction of sp³-hybridized carbons (Fsp3) is 0.625. The number of hydrogen-bond acceptors (Lipinski definition) is 3. The molecule has 3 nitrogen and oxygen atoms in total. The Labute approximate surface area is 117 Å². The van der Waals surface area contributed by atoms with Crippen LogP contribution in [-0.2, 0) is 6.54 Å². The molecule has 0 heterocycles. The molecule has 0 bridgehead atoms. The van der Waals surface area contributed by atoms with Crippen LogP contribution in [0.5, 0.6) is 5.75 Å². The molecule has 0 saturated heterocycles. The number of ether oxygens (including phenoxy) is 1. The Morgan fingerprint density at radius 1 is 1.26 bits per heavy atom. The summed E-state index contributed by atoms with van der Waals surface area (Å²) >= 11 is 0. The summed E-state index contributed by atoms with van der Waals surface area (Å²) in [5.74, 6) is 1.53. The minimum atomic E-state index is 0.533. The van der Waals surface area contributed by atoms with Crippen LogP contribution in [0, 0.1) is 0 Å². The first-order valence-corrected chi connectivity index (χ1v) is 7.14. The summed E-state index contributed by atoms with van der Waals surface area (Å²) in [5, 5.41) is 0. The predicted octanol–water partition coefficient (Wildman–Crippen LogP) is 2.99. The average molecular weight is 264 g/mol. The SMILES string of the molecule is COc1cc(C(C)C)ccc1CN(C)CCCCN. The third-order valence-electron chi connectivity index (χ3n) is 3.41. The Kier molecular flexibility index (Phi) is 6.89. The standard InChI is InChI=1S/C16H28N2O/c1-13(2)14-7-8-15(16(11-14)19-4)12-18(3)10-6-5-9-17/h7-8,11,13H,5-6,9-10,12,17H2,1-4H3. The first kappa shape index (κ1) is 16.0. The Morgan fingerprint density at radius 2 is 2.00 bits per heavy atom. The first-order chi connectivity index (χ1) is 9.08. The van der Waals surface area contributed by atoms with Crippen LogP contribution in [0.4, 0.5) is 0 Å². The maximum Gasteiger partial charge on any atom is 0.123 e. The molecule has 0 saturated carbocycles. The van der Waals surface area contributed by atoms with E-state index in [1.54, 1.807) is 7.11 Å². The van der Waals surface area contributed by atoms with Crippen molar-refractivity contribution in [2.24, 2.45) is 5.73 Å². The number of unbranched alkanes of at least 4 members (excludes halogenated alkanes) is 1. The maximum atomic E-state index is 5.52. The zero-order chi connectivity index (χ0) is 14.3. The Bertz CT molecular complexity index is 377. The molecular weight excluding hydrogens is 236 g/mol. The van der Waals surface area contributed by atoms with Gasteiger partial charge in [0.25, 0.3) is 0 Å². The molecule has 0 aliphatic heterocycles. The van der Waals surface area contributed by atoms with E-state index in [0.717, 1.165) is 38.2 Å². The molecule has 3 heteroatoms. The van der Waals surface area contributed by atoms with Gasteiger partial charge in [-0.05, 0) is 50.5 Å². The molecule has 0 atom stereocenters. The van der Waals surface area contributed by atoms with E-state index in [-0.39, 0.29) is 0 Å². The topological polar surface area (TPSA) is 38.5 Å². The lowest BCUT2D eigenvalue weighted by molar-refractivity contribution is 0.311. The molecule has 19 heavy (non-hydrogen) atoms. The van der Waals surface area contributed by atoms with Gasteiger partial charge in [0.2, 0.25) is 0 Å². The Hall–Kier alpha value is -1.06. The van der Waals surface area contributed by atoms with Crippen LogP contribution in [0.1, 0.15) is 43.7 Å². The summed E-state index contributed by atoms with van der Waals surface area (Å²) in [6, 6.07) is 6.55. The van der Waals surface area contributed by atoms with Crippen molar-refractivity contribution in [2.45, 2.75) is 39.2 Å². The van der Waals surface area contributed by atoms with Gasteiger partial charge < -0.3 is 15.4 Å². The van der Waals surface area contributed by atoms with Gasteiger partial charge in [0.05, 0.1) is 7.11 Å². The molecule has 2 N–H and O–H groups in total. The van der Waals surface area contributed by atoms with Crippen molar-refractivity contribution in [3.63, 3.8) is 0 Å². The second-order valence-electron chi connectivity index (χ2n) is 5.46. The Morgan fingerprint density at radius 3 is 2.58 bits per heavy atom. The predicted molar refractivity (Wildman–Crippen MR) is 81.7 cm³/mol. The molecule has 1 aromatic carbocycles. The van der Waals surface area contributed by atoms with Crippen molar-refractivity contribution in [2.75, 3.05) is 27.2 Å². The quantitative estimate of drug-likeness (QED) is 0.734. The summed E-state index contributed by atoms with van der Waals surface area (Å²) in [6.07, 6.45) is 2.24. The van der Waals surface area contributed by atoms with Crippen molar-refractivity contribution in [3.8, 4) is 5.75 Å². The van der Waals surface area contributed by atoms with Gasteiger partial charge in [0.1, 0.15) is 5.75 Å². The van der Waals surface area contributed by atoms with Crippen LogP contribution in [0.2, 0.25) is 0 Å². The van der Waals surface area contributed by atoms with Gasteiger partial charge >= 0.3 is 0 Å². The fourth-order valence-corrected chi connectivity index (χ4v) is 2.15. The smallest absolute Gasteiger partial charge is 0.123 e. The van der Waals surface area contributed by atoms with E-state index in [0.29, 0.717) is 5.92 Å². The van der Waals surface area contributed by atoms with Crippen LogP contribution < -0.4 is 10.5 Å². The third kappa shape index (κ3) is 5.21. The van der Waals surface area contributed by atoms with Crippen LogP contribution in [-0.4, -0.2) is 32.1 Å². The largest absolute Gasteiger partial charge is 0.496 e. The monoisotopic (exact) mass is 264 g/mol. The molecule has 108 valence electrons. The minimum absolute atomic E-state index is 0.533. The van der Waals surface area contributed by atoms with E-state index in [1.807, 2.05) is 0 Å². The van der Waals surface area contributed by atoms with Gasteiger partial charge in [-0.15, -0.1) is 0 Å². The summed E-state index contributed by atoms with van der Waals surface area (Å²) in [4.78, 5) is 2.32. The average Bonchev–Trinajstić information content (AvgIpc) is 2.39. The molecule has 1 rings (SSSR count). The van der Waals surface area contributed by atoms with Gasteiger partial charge in [0.15, 0.2) is 0 Å². The molecular formula is C16H28N2O.